The monoisotopic (exact) mass is 536 g/mol. The van der Waals surface area contributed by atoms with Gasteiger partial charge < -0.3 is 13.6 Å². The van der Waals surface area contributed by atoms with E-state index in [9.17, 15) is 4.79 Å². The van der Waals surface area contributed by atoms with E-state index < -0.39 is 6.04 Å². The first kappa shape index (κ1) is 24.6. The number of pyridine rings is 1. The minimum atomic E-state index is -0.472. The molecule has 0 spiro atoms. The number of imidazole rings is 2. The summed E-state index contributed by atoms with van der Waals surface area (Å²) in [4.78, 5) is 27.8. The van der Waals surface area contributed by atoms with Crippen LogP contribution >= 0.6 is 11.6 Å². The summed E-state index contributed by atoms with van der Waals surface area (Å²) >= 11 is 6.18. The maximum absolute atomic E-state index is 12.6. The molecular weight excluding hydrogens is 512 g/mol. The number of rotatable bonds is 8. The van der Waals surface area contributed by atoms with Gasteiger partial charge in [-0.25, -0.2) is 9.97 Å². The van der Waals surface area contributed by atoms with E-state index in [0.717, 1.165) is 40.3 Å². The van der Waals surface area contributed by atoms with Gasteiger partial charge in [-0.15, -0.1) is 0 Å². The molecule has 194 valence electrons. The average Bonchev–Trinajstić information content (AvgIpc) is 3.67. The molecule has 0 fully saturated rings. The van der Waals surface area contributed by atoms with Crippen molar-refractivity contribution in [3.05, 3.63) is 114 Å². The summed E-state index contributed by atoms with van der Waals surface area (Å²) in [5.74, 6) is 2.04. The fourth-order valence-electron chi connectivity index (χ4n) is 4.88. The van der Waals surface area contributed by atoms with E-state index in [-0.39, 0.29) is 0 Å². The second-order valence-corrected chi connectivity index (χ2v) is 9.71. The van der Waals surface area contributed by atoms with Crippen LogP contribution in [-0.2, 0) is 18.3 Å². The van der Waals surface area contributed by atoms with Gasteiger partial charge in [-0.05, 0) is 55.0 Å². The Morgan fingerprint density at radius 3 is 2.59 bits per heavy atom. The Labute approximate surface area is 230 Å². The second-order valence-electron chi connectivity index (χ2n) is 9.27. The van der Waals surface area contributed by atoms with Crippen molar-refractivity contribution >= 4 is 34.9 Å². The Hall–Kier alpha value is -4.69. The number of benzene rings is 2. The van der Waals surface area contributed by atoms with Crippen LogP contribution in [0.25, 0.3) is 27.9 Å². The van der Waals surface area contributed by atoms with E-state index >= 15 is 0 Å². The molecule has 0 saturated carbocycles. The third-order valence-electron chi connectivity index (χ3n) is 6.89. The summed E-state index contributed by atoms with van der Waals surface area (Å²) < 4.78 is 10.1. The van der Waals surface area contributed by atoms with Crippen LogP contribution in [0.3, 0.4) is 0 Å². The van der Waals surface area contributed by atoms with Crippen LogP contribution < -0.4 is 4.90 Å². The number of hydrogen-bond donors (Lipinski definition) is 0. The Balaban J connectivity index is 1.39. The molecule has 4 heterocycles. The third kappa shape index (κ3) is 4.70. The van der Waals surface area contributed by atoms with Crippen molar-refractivity contribution in [3.8, 4) is 16.9 Å². The van der Waals surface area contributed by atoms with Crippen LogP contribution in [0.4, 0.5) is 5.88 Å². The highest BCUT2D eigenvalue weighted by Crippen LogP contribution is 2.35. The second kappa shape index (κ2) is 10.2. The zero-order valence-corrected chi connectivity index (χ0v) is 22.2. The van der Waals surface area contributed by atoms with Gasteiger partial charge in [0.1, 0.15) is 23.3 Å². The number of fused-ring (bicyclic) bond motifs is 1. The summed E-state index contributed by atoms with van der Waals surface area (Å²) in [5.41, 5.74) is 4.43. The number of hydrogen-bond acceptors (Lipinski definition) is 5. The molecule has 1 amide bonds. The number of anilines is 1. The molecule has 9 heteroatoms. The fourth-order valence-corrected chi connectivity index (χ4v) is 5.06. The zero-order valence-electron chi connectivity index (χ0n) is 21.4. The summed E-state index contributed by atoms with van der Waals surface area (Å²) in [5, 5.41) is 1.41. The van der Waals surface area contributed by atoms with Crippen molar-refractivity contribution in [2.45, 2.75) is 19.4 Å². The minimum Gasteiger partial charge on any atom is -0.440 e. The summed E-state index contributed by atoms with van der Waals surface area (Å²) in [6.07, 6.45) is 8.53. The highest BCUT2D eigenvalue weighted by atomic mass is 35.5. The van der Waals surface area contributed by atoms with Gasteiger partial charge in [0, 0.05) is 59.9 Å². The molecule has 0 aliphatic rings. The predicted octanol–water partition coefficient (Wildman–Crippen LogP) is 6.32. The summed E-state index contributed by atoms with van der Waals surface area (Å²) in [6, 6.07) is 20.7. The number of aromatic nitrogens is 5. The van der Waals surface area contributed by atoms with Gasteiger partial charge in [-0.3, -0.25) is 14.7 Å². The van der Waals surface area contributed by atoms with Gasteiger partial charge in [0.25, 0.3) is 0 Å². The van der Waals surface area contributed by atoms with E-state index in [0.29, 0.717) is 28.7 Å². The first-order chi connectivity index (χ1) is 19.0. The highest BCUT2D eigenvalue weighted by Gasteiger charge is 2.29. The molecular formula is C30H25ClN6O2. The van der Waals surface area contributed by atoms with Crippen LogP contribution in [0.2, 0.25) is 5.02 Å². The van der Waals surface area contributed by atoms with Gasteiger partial charge in [-0.1, -0.05) is 29.8 Å². The molecule has 2 aromatic carbocycles. The topological polar surface area (TPSA) is 82.0 Å². The van der Waals surface area contributed by atoms with Crippen molar-refractivity contribution in [2.24, 2.45) is 7.05 Å². The Bertz CT molecular complexity index is 1750. The van der Waals surface area contributed by atoms with E-state index in [1.807, 2.05) is 65.8 Å². The number of furan rings is 1. The minimum absolute atomic E-state index is 0.410. The molecule has 4 aromatic heterocycles. The molecule has 0 saturated heterocycles. The molecule has 39 heavy (non-hydrogen) atoms. The molecule has 0 bridgehead atoms. The number of carbonyl (C=O) groups is 1. The largest absolute Gasteiger partial charge is 0.440 e. The van der Waals surface area contributed by atoms with Gasteiger partial charge in [-0.2, -0.15) is 0 Å². The lowest BCUT2D eigenvalue weighted by Crippen LogP contribution is -2.31. The SMILES string of the molecule is Cc1nccn1-c1ccc(-c2cnc(C(Cc3ccccn3)N(C=O)c3cc4cc(Cl)ccc4o3)n2C)cc1. The Kier molecular flexibility index (Phi) is 6.46. The van der Waals surface area contributed by atoms with Crippen LogP contribution in [-0.4, -0.2) is 30.5 Å². The molecule has 6 rings (SSSR count). The van der Waals surface area contributed by atoms with Crippen LogP contribution in [0, 0.1) is 6.92 Å². The van der Waals surface area contributed by atoms with Crippen molar-refractivity contribution < 1.29 is 9.21 Å². The van der Waals surface area contributed by atoms with Crippen molar-refractivity contribution in [3.63, 3.8) is 0 Å². The molecule has 0 aliphatic heterocycles. The lowest BCUT2D eigenvalue weighted by Gasteiger charge is -2.26. The molecule has 1 unspecified atom stereocenters. The Morgan fingerprint density at radius 1 is 1.03 bits per heavy atom. The first-order valence-electron chi connectivity index (χ1n) is 12.5. The van der Waals surface area contributed by atoms with Gasteiger partial charge >= 0.3 is 0 Å². The van der Waals surface area contributed by atoms with E-state index in [1.54, 1.807) is 29.4 Å². The van der Waals surface area contributed by atoms with Crippen LogP contribution in [0.15, 0.2) is 95.9 Å². The lowest BCUT2D eigenvalue weighted by molar-refractivity contribution is -0.108. The quantitative estimate of drug-likeness (QED) is 0.212. The average molecular weight is 537 g/mol. The van der Waals surface area contributed by atoms with E-state index in [4.69, 9.17) is 21.0 Å². The number of halogens is 1. The van der Waals surface area contributed by atoms with Crippen molar-refractivity contribution in [1.29, 1.82) is 0 Å². The number of aryl methyl sites for hydroxylation is 1. The molecule has 0 aliphatic carbocycles. The highest BCUT2D eigenvalue weighted by molar-refractivity contribution is 6.31. The standard InChI is InChI=1S/C30H25ClN6O2/c1-20-32-13-14-36(20)25-9-6-21(7-10-25)27-18-34-30(35(27)2)26(17-24-5-3-4-12-33-24)37(19-38)29-16-22-15-23(31)8-11-28(22)39-29/h3-16,18-19,26H,17H2,1-2H3. The predicted molar refractivity (Wildman–Crippen MR) is 151 cm³/mol. The summed E-state index contributed by atoms with van der Waals surface area (Å²) in [6.45, 7) is 1.97. The Morgan fingerprint density at radius 2 is 1.87 bits per heavy atom. The third-order valence-corrected chi connectivity index (χ3v) is 7.12. The number of nitrogens with zero attached hydrogens (tertiary/aromatic N) is 6. The molecule has 0 radical (unpaired) electrons. The molecule has 1 atom stereocenters. The van der Waals surface area contributed by atoms with Crippen molar-refractivity contribution in [2.75, 3.05) is 4.90 Å². The molecule has 6 aromatic rings. The zero-order chi connectivity index (χ0) is 26.9. The maximum atomic E-state index is 12.6. The fraction of sp³-hybridized carbons (Fsp3) is 0.133. The smallest absolute Gasteiger partial charge is 0.217 e. The van der Waals surface area contributed by atoms with Gasteiger partial charge in [0.15, 0.2) is 0 Å². The van der Waals surface area contributed by atoms with Gasteiger partial charge in [0.2, 0.25) is 12.3 Å². The lowest BCUT2D eigenvalue weighted by atomic mass is 10.1. The van der Waals surface area contributed by atoms with Gasteiger partial charge in [0.05, 0.1) is 11.9 Å². The summed E-state index contributed by atoms with van der Waals surface area (Å²) in [7, 11) is 1.96. The number of amides is 1. The van der Waals surface area contributed by atoms with E-state index in [2.05, 4.69) is 34.2 Å². The molecule has 0 N–H and O–H groups in total. The van der Waals surface area contributed by atoms with Crippen molar-refractivity contribution in [1.82, 2.24) is 24.1 Å². The van der Waals surface area contributed by atoms with E-state index in [1.165, 1.54) is 0 Å². The maximum Gasteiger partial charge on any atom is 0.217 e. The molecule has 8 nitrogen and oxygen atoms in total. The number of carbonyl (C=O) groups excluding carboxylic acids is 1. The first-order valence-corrected chi connectivity index (χ1v) is 12.8. The van der Waals surface area contributed by atoms with Crippen LogP contribution in [0.5, 0.6) is 0 Å². The van der Waals surface area contributed by atoms with Crippen LogP contribution in [0.1, 0.15) is 23.4 Å². The normalized spacial score (nSPS) is 12.1.